The average Bonchev–Trinajstić information content (AvgIpc) is 3.25. The molecule has 0 radical (unpaired) electrons. The highest BCUT2D eigenvalue weighted by atomic mass is 16.1. The van der Waals surface area contributed by atoms with Crippen LogP contribution in [0.15, 0.2) is 18.2 Å². The summed E-state index contributed by atoms with van der Waals surface area (Å²) in [4.78, 5) is 12.0. The fourth-order valence-electron chi connectivity index (χ4n) is 3.03. The van der Waals surface area contributed by atoms with Crippen molar-refractivity contribution in [1.82, 2.24) is 5.32 Å². The van der Waals surface area contributed by atoms with Gasteiger partial charge in [0.15, 0.2) is 0 Å². The maximum absolute atomic E-state index is 12.0. The number of hydrogen-bond donors (Lipinski definition) is 2. The molecule has 1 aromatic carbocycles. The van der Waals surface area contributed by atoms with E-state index in [1.54, 1.807) is 0 Å². The molecule has 0 saturated heterocycles. The van der Waals surface area contributed by atoms with Gasteiger partial charge in [-0.15, -0.1) is 0 Å². The largest absolute Gasteiger partial charge is 0.352 e. The molecule has 2 atom stereocenters. The van der Waals surface area contributed by atoms with Gasteiger partial charge < -0.3 is 11.1 Å². The number of rotatable bonds is 3. The van der Waals surface area contributed by atoms with Crippen LogP contribution in [-0.2, 0) is 6.42 Å². The molecule has 1 aliphatic heterocycles. The molecule has 1 fully saturated rings. The summed E-state index contributed by atoms with van der Waals surface area (Å²) in [5.41, 5.74) is 9.46. The molecule has 1 aliphatic carbocycles. The third kappa shape index (κ3) is 2.52. The van der Waals surface area contributed by atoms with E-state index in [0.717, 1.165) is 42.0 Å². The lowest BCUT2D eigenvalue weighted by atomic mass is 9.89. The molecule has 3 rings (SSSR count). The molecule has 102 valence electrons. The Morgan fingerprint density at radius 1 is 1.37 bits per heavy atom. The van der Waals surface area contributed by atoms with Crippen molar-refractivity contribution in [3.8, 4) is 0 Å². The van der Waals surface area contributed by atoms with E-state index in [1.807, 2.05) is 6.07 Å². The number of nitrogens with two attached hydrogens (primary N) is 1. The number of amides is 1. The number of hydrogen-bond acceptors (Lipinski definition) is 2. The summed E-state index contributed by atoms with van der Waals surface area (Å²) in [6.07, 6.45) is 4.60. The topological polar surface area (TPSA) is 55.1 Å². The van der Waals surface area contributed by atoms with E-state index >= 15 is 0 Å². The normalized spacial score (nSPS) is 22.1. The summed E-state index contributed by atoms with van der Waals surface area (Å²) in [5.74, 6) is 1.34. The molecule has 2 aliphatic rings. The molecule has 0 bridgehead atoms. The van der Waals surface area contributed by atoms with Gasteiger partial charge in [-0.25, -0.2) is 0 Å². The van der Waals surface area contributed by atoms with Crippen LogP contribution in [0.3, 0.4) is 0 Å². The van der Waals surface area contributed by atoms with Crippen LogP contribution in [0.1, 0.15) is 53.7 Å². The fourth-order valence-corrected chi connectivity index (χ4v) is 3.03. The molecule has 3 nitrogen and oxygen atoms in total. The van der Waals surface area contributed by atoms with E-state index in [-0.39, 0.29) is 11.9 Å². The Balaban J connectivity index is 1.89. The van der Waals surface area contributed by atoms with Gasteiger partial charge in [-0.1, -0.05) is 19.1 Å². The minimum atomic E-state index is 0.0499. The third-order valence-corrected chi connectivity index (χ3v) is 4.60. The second-order valence-electron chi connectivity index (χ2n) is 6.00. The maximum atomic E-state index is 12.0. The lowest BCUT2D eigenvalue weighted by Gasteiger charge is -2.21. The Morgan fingerprint density at radius 2 is 2.16 bits per heavy atom. The summed E-state index contributed by atoms with van der Waals surface area (Å²) in [6, 6.07) is 6.27. The van der Waals surface area contributed by atoms with Gasteiger partial charge in [-0.05, 0) is 54.7 Å². The van der Waals surface area contributed by atoms with Gasteiger partial charge in [-0.2, -0.15) is 0 Å². The molecule has 1 aromatic rings. The lowest BCUT2D eigenvalue weighted by molar-refractivity contribution is 0.0956. The molecule has 2 unspecified atom stereocenters. The van der Waals surface area contributed by atoms with Gasteiger partial charge in [0.25, 0.3) is 5.91 Å². The predicted octanol–water partition coefficient (Wildman–Crippen LogP) is 2.41. The van der Waals surface area contributed by atoms with Gasteiger partial charge >= 0.3 is 0 Å². The van der Waals surface area contributed by atoms with Crippen LogP contribution < -0.4 is 11.1 Å². The van der Waals surface area contributed by atoms with Crippen molar-refractivity contribution in [2.45, 2.75) is 38.6 Å². The first-order chi connectivity index (χ1) is 9.16. The molecule has 1 saturated carbocycles. The molecule has 1 heterocycles. The van der Waals surface area contributed by atoms with E-state index in [2.05, 4.69) is 24.4 Å². The minimum absolute atomic E-state index is 0.0499. The fraction of sp³-hybridized carbons (Fsp3) is 0.562. The van der Waals surface area contributed by atoms with Crippen LogP contribution >= 0.6 is 0 Å². The first-order valence-corrected chi connectivity index (χ1v) is 7.33. The van der Waals surface area contributed by atoms with Crippen molar-refractivity contribution < 1.29 is 4.79 Å². The highest BCUT2D eigenvalue weighted by Gasteiger charge is 2.32. The lowest BCUT2D eigenvalue weighted by Crippen LogP contribution is -2.24. The Bertz CT molecular complexity index is 494. The van der Waals surface area contributed by atoms with Crippen LogP contribution in [0.2, 0.25) is 0 Å². The van der Waals surface area contributed by atoms with Crippen LogP contribution in [-0.4, -0.2) is 12.5 Å². The Morgan fingerprint density at radius 3 is 2.89 bits per heavy atom. The summed E-state index contributed by atoms with van der Waals surface area (Å²) in [6.45, 7) is 3.00. The van der Waals surface area contributed by atoms with Gasteiger partial charge in [-0.3, -0.25) is 4.79 Å². The molecule has 0 aromatic heterocycles. The van der Waals surface area contributed by atoms with Gasteiger partial charge in [0.1, 0.15) is 0 Å². The number of aryl methyl sites for hydroxylation is 1. The van der Waals surface area contributed by atoms with Crippen molar-refractivity contribution in [2.75, 3.05) is 6.54 Å². The van der Waals surface area contributed by atoms with Crippen LogP contribution in [0.4, 0.5) is 0 Å². The van der Waals surface area contributed by atoms with E-state index < -0.39 is 0 Å². The van der Waals surface area contributed by atoms with Gasteiger partial charge in [0, 0.05) is 18.2 Å². The van der Waals surface area contributed by atoms with E-state index in [4.69, 9.17) is 5.73 Å². The molecule has 19 heavy (non-hydrogen) atoms. The SMILES string of the molecule is CC(C1CC1)C(N)c1ccc2c(c1)C(=O)NCCC2. The van der Waals surface area contributed by atoms with Gasteiger partial charge in [0.05, 0.1) is 0 Å². The van der Waals surface area contributed by atoms with Gasteiger partial charge in [0.2, 0.25) is 0 Å². The number of fused-ring (bicyclic) bond motifs is 1. The monoisotopic (exact) mass is 258 g/mol. The molecule has 3 heteroatoms. The summed E-state index contributed by atoms with van der Waals surface area (Å²) in [7, 11) is 0. The second kappa shape index (κ2) is 4.97. The van der Waals surface area contributed by atoms with Crippen molar-refractivity contribution in [1.29, 1.82) is 0 Å². The molecular formula is C16H22N2O. The smallest absolute Gasteiger partial charge is 0.251 e. The zero-order valence-electron chi connectivity index (χ0n) is 11.5. The van der Waals surface area contributed by atoms with Crippen LogP contribution in [0.25, 0.3) is 0 Å². The molecular weight excluding hydrogens is 236 g/mol. The Labute approximate surface area is 114 Å². The quantitative estimate of drug-likeness (QED) is 0.874. The summed E-state index contributed by atoms with van der Waals surface area (Å²) < 4.78 is 0. The zero-order valence-corrected chi connectivity index (χ0v) is 11.5. The molecule has 0 spiro atoms. The summed E-state index contributed by atoms with van der Waals surface area (Å²) in [5, 5.41) is 2.95. The highest BCUT2D eigenvalue weighted by Crippen LogP contribution is 2.41. The first kappa shape index (κ1) is 12.7. The minimum Gasteiger partial charge on any atom is -0.352 e. The van der Waals surface area contributed by atoms with Crippen LogP contribution in [0.5, 0.6) is 0 Å². The van der Waals surface area contributed by atoms with E-state index in [9.17, 15) is 4.79 Å². The van der Waals surface area contributed by atoms with Crippen molar-refractivity contribution in [3.05, 3.63) is 34.9 Å². The number of nitrogens with one attached hydrogen (secondary N) is 1. The van der Waals surface area contributed by atoms with Crippen molar-refractivity contribution in [3.63, 3.8) is 0 Å². The Hall–Kier alpha value is -1.35. The number of carbonyl (C=O) groups is 1. The second-order valence-corrected chi connectivity index (χ2v) is 6.00. The predicted molar refractivity (Wildman–Crippen MR) is 75.9 cm³/mol. The number of benzene rings is 1. The molecule has 1 amide bonds. The standard InChI is InChI=1S/C16H22N2O/c1-10(11-4-5-11)15(17)13-7-6-12-3-2-8-18-16(19)14(12)9-13/h6-7,9-11,15H,2-5,8,17H2,1H3,(H,18,19). The maximum Gasteiger partial charge on any atom is 0.251 e. The molecule has 3 N–H and O–H groups in total. The number of carbonyl (C=O) groups excluding carboxylic acids is 1. The average molecular weight is 258 g/mol. The zero-order chi connectivity index (χ0) is 13.4. The van der Waals surface area contributed by atoms with Crippen molar-refractivity contribution >= 4 is 5.91 Å². The summed E-state index contributed by atoms with van der Waals surface area (Å²) >= 11 is 0. The highest BCUT2D eigenvalue weighted by molar-refractivity contribution is 5.96. The Kier molecular flexibility index (Phi) is 3.31. The first-order valence-electron chi connectivity index (χ1n) is 7.33. The van der Waals surface area contributed by atoms with E-state index in [1.165, 1.54) is 12.8 Å². The van der Waals surface area contributed by atoms with Crippen molar-refractivity contribution in [2.24, 2.45) is 17.6 Å². The third-order valence-electron chi connectivity index (χ3n) is 4.60. The van der Waals surface area contributed by atoms with E-state index in [0.29, 0.717) is 5.92 Å². The van der Waals surface area contributed by atoms with Crippen LogP contribution in [0, 0.1) is 11.8 Å².